The van der Waals surface area contributed by atoms with E-state index in [-0.39, 0.29) is 0 Å². The zero-order valence-corrected chi connectivity index (χ0v) is 19.3. The van der Waals surface area contributed by atoms with Gasteiger partial charge in [-0.1, -0.05) is 110 Å². The van der Waals surface area contributed by atoms with Gasteiger partial charge in [0.15, 0.2) is 0 Å². The molecule has 6 rings (SSSR count). The Labute approximate surface area is 195 Å². The fraction of sp³-hybridized carbons (Fsp3) is 0.200. The number of hydrogen-bond acceptors (Lipinski definition) is 2. The fourth-order valence-corrected chi connectivity index (χ4v) is 7.49. The summed E-state index contributed by atoms with van der Waals surface area (Å²) in [5.41, 5.74) is 4.79. The minimum absolute atomic E-state index is 0.340. The largest absolute Gasteiger partial charge is 0.218 e. The van der Waals surface area contributed by atoms with Gasteiger partial charge in [-0.05, 0) is 46.2 Å². The van der Waals surface area contributed by atoms with E-state index < -0.39 is 9.84 Å². The molecule has 0 radical (unpaired) electrons. The van der Waals surface area contributed by atoms with E-state index in [1.165, 1.54) is 19.3 Å². The Balaban J connectivity index is 1.74. The molecule has 0 amide bonds. The summed E-state index contributed by atoms with van der Waals surface area (Å²) in [7, 11) is -3.52. The number of sulfone groups is 1. The minimum Gasteiger partial charge on any atom is -0.218 e. The van der Waals surface area contributed by atoms with Crippen LogP contribution in [0.1, 0.15) is 37.7 Å². The molecule has 0 aromatic heterocycles. The van der Waals surface area contributed by atoms with Gasteiger partial charge in [0.05, 0.1) is 9.80 Å². The second kappa shape index (κ2) is 8.00. The molecule has 0 unspecified atom stereocenters. The van der Waals surface area contributed by atoms with E-state index in [4.69, 9.17) is 0 Å². The predicted molar refractivity (Wildman–Crippen MR) is 137 cm³/mol. The standard InChI is InChI=1S/C30H26O2S/c31-33(32)26(20-21-12-4-1-5-13-21)29-27(22-14-6-2-7-15-22)24-18-10-11-19-25(24)28(30(29)33)23-16-8-3-9-17-23/h2-3,6-11,14-21H,1,4-5,12-13H2. The molecule has 4 aromatic carbocycles. The van der Waals surface area contributed by atoms with Crippen LogP contribution in [0.4, 0.5) is 0 Å². The summed E-state index contributed by atoms with van der Waals surface area (Å²) in [6.07, 6.45) is 7.84. The van der Waals surface area contributed by atoms with Crippen LogP contribution >= 0.6 is 0 Å². The molecule has 0 N–H and O–H groups in total. The van der Waals surface area contributed by atoms with Crippen LogP contribution in [0, 0.1) is 5.92 Å². The average molecular weight is 451 g/mol. The molecule has 1 aliphatic heterocycles. The first-order valence-electron chi connectivity index (χ1n) is 11.8. The van der Waals surface area contributed by atoms with Crippen LogP contribution in [-0.4, -0.2) is 8.42 Å². The van der Waals surface area contributed by atoms with E-state index in [1.54, 1.807) is 0 Å². The maximum absolute atomic E-state index is 13.9. The van der Waals surface area contributed by atoms with Gasteiger partial charge in [0.2, 0.25) is 9.84 Å². The van der Waals surface area contributed by atoms with Crippen molar-refractivity contribution in [2.24, 2.45) is 5.92 Å². The van der Waals surface area contributed by atoms with Crippen molar-refractivity contribution in [3.8, 4) is 22.3 Å². The van der Waals surface area contributed by atoms with E-state index in [1.807, 2.05) is 60.7 Å². The van der Waals surface area contributed by atoms with Crippen LogP contribution in [0.5, 0.6) is 0 Å². The molecule has 1 heterocycles. The Morgan fingerprint density at radius 2 is 1.12 bits per heavy atom. The van der Waals surface area contributed by atoms with E-state index in [2.05, 4.69) is 30.3 Å². The van der Waals surface area contributed by atoms with E-state index in [0.717, 1.165) is 51.4 Å². The maximum atomic E-state index is 13.9. The molecule has 1 fully saturated rings. The summed E-state index contributed by atoms with van der Waals surface area (Å²) in [6, 6.07) is 28.4. The lowest BCUT2D eigenvalue weighted by Gasteiger charge is -2.32. The highest BCUT2D eigenvalue weighted by molar-refractivity contribution is 8.02. The molecule has 164 valence electrons. The summed E-state index contributed by atoms with van der Waals surface area (Å²) in [5.74, 6) is 0.340. The van der Waals surface area contributed by atoms with Crippen LogP contribution in [0.2, 0.25) is 0 Å². The van der Waals surface area contributed by atoms with Gasteiger partial charge in [0, 0.05) is 11.1 Å². The van der Waals surface area contributed by atoms with Crippen molar-refractivity contribution in [3.63, 3.8) is 0 Å². The normalized spacial score (nSPS) is 18.7. The number of benzene rings is 4. The quantitative estimate of drug-likeness (QED) is 0.318. The Morgan fingerprint density at radius 1 is 0.606 bits per heavy atom. The predicted octanol–water partition coefficient (Wildman–Crippen LogP) is 7.88. The molecule has 1 saturated carbocycles. The summed E-state index contributed by atoms with van der Waals surface area (Å²) in [6.45, 7) is 0. The summed E-state index contributed by atoms with van der Waals surface area (Å²) >= 11 is 0. The SMILES string of the molecule is O=S1(=O)C(=CC2CCCCC2)c2c1c(-c1ccccc1)c1ccccc1c2-c1ccccc1. The van der Waals surface area contributed by atoms with Crippen LogP contribution in [0.3, 0.4) is 0 Å². The lowest BCUT2D eigenvalue weighted by molar-refractivity contribution is 0.420. The topological polar surface area (TPSA) is 34.1 Å². The number of rotatable bonds is 3. The smallest absolute Gasteiger partial charge is 0.208 e. The molecule has 0 atom stereocenters. The van der Waals surface area contributed by atoms with Crippen molar-refractivity contribution in [3.05, 3.63) is 96.6 Å². The number of hydrogen-bond donors (Lipinski definition) is 0. The lowest BCUT2D eigenvalue weighted by Crippen LogP contribution is -2.22. The van der Waals surface area contributed by atoms with Gasteiger partial charge < -0.3 is 0 Å². The second-order valence-electron chi connectivity index (χ2n) is 9.16. The van der Waals surface area contributed by atoms with Gasteiger partial charge >= 0.3 is 0 Å². The van der Waals surface area contributed by atoms with Crippen LogP contribution < -0.4 is 0 Å². The van der Waals surface area contributed by atoms with Crippen molar-refractivity contribution in [1.82, 2.24) is 0 Å². The van der Waals surface area contributed by atoms with Gasteiger partial charge in [-0.2, -0.15) is 0 Å². The highest BCUT2D eigenvalue weighted by Crippen LogP contribution is 2.56. The van der Waals surface area contributed by atoms with Gasteiger partial charge in [0.25, 0.3) is 0 Å². The Kier molecular flexibility index (Phi) is 4.95. The van der Waals surface area contributed by atoms with Crippen molar-refractivity contribution in [1.29, 1.82) is 0 Å². The molecule has 0 saturated heterocycles. The average Bonchev–Trinajstić information content (AvgIpc) is 2.87. The Hall–Kier alpha value is -3.17. The monoisotopic (exact) mass is 450 g/mol. The molecule has 2 aliphatic rings. The van der Waals surface area contributed by atoms with E-state index in [0.29, 0.717) is 15.7 Å². The first-order chi connectivity index (χ1) is 16.2. The zero-order chi connectivity index (χ0) is 22.4. The molecule has 0 spiro atoms. The van der Waals surface area contributed by atoms with Crippen molar-refractivity contribution >= 4 is 25.5 Å². The van der Waals surface area contributed by atoms with Crippen molar-refractivity contribution in [2.75, 3.05) is 0 Å². The lowest BCUT2D eigenvalue weighted by atomic mass is 9.85. The maximum Gasteiger partial charge on any atom is 0.208 e. The molecule has 0 bridgehead atoms. The van der Waals surface area contributed by atoms with Gasteiger partial charge in [-0.15, -0.1) is 0 Å². The van der Waals surface area contributed by atoms with Crippen LogP contribution in [-0.2, 0) is 9.84 Å². The summed E-state index contributed by atoms with van der Waals surface area (Å²) in [4.78, 5) is 1.03. The molecular weight excluding hydrogens is 424 g/mol. The Morgan fingerprint density at radius 3 is 1.73 bits per heavy atom. The van der Waals surface area contributed by atoms with Crippen molar-refractivity contribution in [2.45, 2.75) is 37.0 Å². The second-order valence-corrected chi connectivity index (χ2v) is 11.0. The fourth-order valence-electron chi connectivity index (χ4n) is 5.60. The van der Waals surface area contributed by atoms with E-state index in [9.17, 15) is 8.42 Å². The molecule has 3 heteroatoms. The van der Waals surface area contributed by atoms with Crippen LogP contribution in [0.15, 0.2) is 95.9 Å². The third kappa shape index (κ3) is 3.26. The third-order valence-corrected chi connectivity index (χ3v) is 9.00. The molecule has 33 heavy (non-hydrogen) atoms. The molecule has 4 aromatic rings. The molecule has 2 nitrogen and oxygen atoms in total. The first kappa shape index (κ1) is 20.4. The highest BCUT2D eigenvalue weighted by atomic mass is 32.2. The first-order valence-corrected chi connectivity index (χ1v) is 13.3. The summed E-state index contributed by atoms with van der Waals surface area (Å²) in [5, 5.41) is 2.09. The highest BCUT2D eigenvalue weighted by Gasteiger charge is 2.44. The zero-order valence-electron chi connectivity index (χ0n) is 18.5. The third-order valence-electron chi connectivity index (χ3n) is 7.14. The van der Waals surface area contributed by atoms with E-state index >= 15 is 0 Å². The van der Waals surface area contributed by atoms with Gasteiger partial charge in [-0.3, -0.25) is 0 Å². The number of allylic oxidation sites excluding steroid dienone is 1. The number of fused-ring (bicyclic) bond motifs is 2. The summed E-state index contributed by atoms with van der Waals surface area (Å²) < 4.78 is 27.7. The minimum atomic E-state index is -3.52. The molecular formula is C30H26O2S. The van der Waals surface area contributed by atoms with Gasteiger partial charge in [0.1, 0.15) is 0 Å². The Bertz CT molecular complexity index is 1480. The van der Waals surface area contributed by atoms with Crippen LogP contribution in [0.25, 0.3) is 37.9 Å². The van der Waals surface area contributed by atoms with Crippen molar-refractivity contribution < 1.29 is 8.42 Å². The molecule has 1 aliphatic carbocycles. The van der Waals surface area contributed by atoms with Gasteiger partial charge in [-0.25, -0.2) is 8.42 Å².